The SMILES string of the molecule is C=C1CCC(=O)N1C(C)C.CC(=O)C(C)C.CC(C)ON1C(=O)CC(C)C1=O.CC(C)ON1C(=O)CCC1=O.CC(C)Oc1c(F)c(F)c(F)c(F)c1F.CC1CC(=O)N(C(C)C)C1=O.COC(=N)C(C)C. The van der Waals surface area contributed by atoms with Gasteiger partial charge in [0, 0.05) is 73.6 Å². The number of halogens is 5. The predicted octanol–water partition coefficient (Wildman–Crippen LogP) is 9.18. The maximum Gasteiger partial charge on any atom is 0.256 e. The largest absolute Gasteiger partial charge is 0.485 e. The quantitative estimate of drug-likeness (QED) is 0.0581. The highest BCUT2D eigenvalue weighted by Crippen LogP contribution is 2.30. The second kappa shape index (κ2) is 32.4. The molecule has 1 aromatic carbocycles. The smallest absolute Gasteiger partial charge is 0.256 e. The first-order chi connectivity index (χ1) is 33.0. The molecule has 17 nitrogen and oxygen atoms in total. The van der Waals surface area contributed by atoms with Crippen LogP contribution in [0.25, 0.3) is 0 Å². The van der Waals surface area contributed by atoms with Crippen LogP contribution in [-0.2, 0) is 52.8 Å². The number of hydroxylamine groups is 4. The number of ether oxygens (including phenoxy) is 2. The number of Topliss-reactive ketones (excluding diaryl/α,β-unsaturated/α-hetero) is 1. The molecule has 0 spiro atoms. The van der Waals surface area contributed by atoms with Gasteiger partial charge in [0.05, 0.1) is 25.4 Å². The van der Waals surface area contributed by atoms with Crippen LogP contribution in [0.2, 0.25) is 0 Å². The van der Waals surface area contributed by atoms with E-state index < -0.39 is 40.9 Å². The van der Waals surface area contributed by atoms with Crippen LogP contribution in [0.1, 0.15) is 156 Å². The third-order valence-corrected chi connectivity index (χ3v) is 9.73. The maximum absolute atomic E-state index is 12.9. The summed E-state index contributed by atoms with van der Waals surface area (Å²) in [6.07, 6.45) is 1.76. The molecule has 1 N–H and O–H groups in total. The Labute approximate surface area is 421 Å². The summed E-state index contributed by atoms with van der Waals surface area (Å²) in [7, 11) is 1.52. The fraction of sp³-hybridized carbons (Fsp3) is 0.660. The Hall–Kier alpha value is -5.64. The summed E-state index contributed by atoms with van der Waals surface area (Å²) in [5.41, 5.74) is 0.972. The molecular formula is C50H78F5N5O12. The van der Waals surface area contributed by atoms with Gasteiger partial charge in [0.25, 0.3) is 23.6 Å². The van der Waals surface area contributed by atoms with Crippen molar-refractivity contribution in [1.29, 1.82) is 5.41 Å². The van der Waals surface area contributed by atoms with Gasteiger partial charge in [-0.05, 0) is 82.6 Å². The number of nitrogens with zero attached hydrogens (tertiary/aromatic N) is 4. The normalized spacial score (nSPS) is 17.4. The molecule has 4 saturated heterocycles. The summed E-state index contributed by atoms with van der Waals surface area (Å²) in [5.74, 6) is -11.4. The molecule has 4 aliphatic rings. The number of carbonyl (C=O) groups excluding carboxylic acids is 8. The van der Waals surface area contributed by atoms with Crippen LogP contribution in [0, 0.1) is 58.2 Å². The molecule has 4 fully saturated rings. The van der Waals surface area contributed by atoms with Crippen molar-refractivity contribution in [2.45, 2.75) is 187 Å². The first-order valence-corrected chi connectivity index (χ1v) is 23.7. The molecule has 4 aliphatic heterocycles. The number of benzene rings is 1. The van der Waals surface area contributed by atoms with Gasteiger partial charge in [-0.15, -0.1) is 0 Å². The topological polar surface area (TPSA) is 210 Å². The van der Waals surface area contributed by atoms with Gasteiger partial charge in [-0.2, -0.15) is 18.9 Å². The van der Waals surface area contributed by atoms with Gasteiger partial charge in [0.15, 0.2) is 11.6 Å². The van der Waals surface area contributed by atoms with Crippen molar-refractivity contribution in [2.24, 2.45) is 23.7 Å². The standard InChI is InChI=1S/C9H7F5O.C8H13NO3.C8H13NO2.C8H13NO.C7H11NO3.C5H11NO.C5H10O/c1-3(2)15-9-7(13)5(11)4(10)6(12)8(9)14;1-5(2)12-9-7(10)4-6(3)8(9)11;1-5(2)9-7(10)4-6(3)8(9)11;1-6(2)9-7(3)4-5-8(9)10;1-5(2)11-8-6(9)3-4-7(8)10;1-4(2)5(6)7-3;1-4(2)5(3)6/h3H,1-2H3;5-6H,4H2,1-3H3;5-6H,4H2,1-3H3;6H,3-5H2,1-2H3;5H,3-4H2,1-2H3;4,6H,1-3H3;4H,1-3H3. The zero-order valence-corrected chi connectivity index (χ0v) is 45.2. The van der Waals surface area contributed by atoms with Crippen molar-refractivity contribution in [3.63, 3.8) is 0 Å². The van der Waals surface area contributed by atoms with E-state index in [0.717, 1.165) is 22.2 Å². The molecule has 2 unspecified atom stereocenters. The molecule has 4 heterocycles. The number of likely N-dealkylation sites (tertiary alicyclic amines) is 2. The van der Waals surface area contributed by atoms with Crippen molar-refractivity contribution in [3.8, 4) is 5.75 Å². The van der Waals surface area contributed by atoms with Crippen LogP contribution >= 0.6 is 0 Å². The van der Waals surface area contributed by atoms with Crippen LogP contribution in [0.4, 0.5) is 22.0 Å². The van der Waals surface area contributed by atoms with E-state index in [9.17, 15) is 60.3 Å². The Kier molecular flexibility index (Phi) is 30.8. The minimum absolute atomic E-state index is 0.0138. The molecule has 5 rings (SSSR count). The van der Waals surface area contributed by atoms with Gasteiger partial charge in [-0.1, -0.05) is 48.1 Å². The van der Waals surface area contributed by atoms with E-state index in [4.69, 9.17) is 15.1 Å². The van der Waals surface area contributed by atoms with Gasteiger partial charge in [0.1, 0.15) is 5.78 Å². The van der Waals surface area contributed by atoms with E-state index in [-0.39, 0.29) is 114 Å². The van der Waals surface area contributed by atoms with Gasteiger partial charge >= 0.3 is 0 Å². The van der Waals surface area contributed by atoms with E-state index in [1.165, 1.54) is 25.9 Å². The van der Waals surface area contributed by atoms with E-state index in [2.05, 4.69) is 16.1 Å². The van der Waals surface area contributed by atoms with Crippen LogP contribution in [-0.4, -0.2) is 110 Å². The fourth-order valence-electron chi connectivity index (χ4n) is 5.79. The number of hydrogen-bond acceptors (Lipinski definition) is 13. The lowest BCUT2D eigenvalue weighted by atomic mass is 10.1. The molecule has 2 atom stereocenters. The van der Waals surface area contributed by atoms with E-state index in [0.29, 0.717) is 18.7 Å². The van der Waals surface area contributed by atoms with E-state index in [1.54, 1.807) is 53.4 Å². The van der Waals surface area contributed by atoms with Gasteiger partial charge < -0.3 is 14.4 Å². The van der Waals surface area contributed by atoms with Gasteiger partial charge in [-0.3, -0.25) is 58.3 Å². The first kappa shape index (κ1) is 68.4. The Morgan fingerprint density at radius 1 is 0.542 bits per heavy atom. The van der Waals surface area contributed by atoms with Crippen molar-refractivity contribution >= 4 is 53.0 Å². The van der Waals surface area contributed by atoms with E-state index in [1.807, 2.05) is 55.4 Å². The highest BCUT2D eigenvalue weighted by molar-refractivity contribution is 6.04. The maximum atomic E-state index is 12.9. The Morgan fingerprint density at radius 3 is 1.15 bits per heavy atom. The predicted molar refractivity (Wildman–Crippen MR) is 257 cm³/mol. The summed E-state index contributed by atoms with van der Waals surface area (Å²) in [5, 5.41) is 8.72. The van der Waals surface area contributed by atoms with Crippen molar-refractivity contribution in [3.05, 3.63) is 41.4 Å². The number of ketones is 1. The fourth-order valence-corrected chi connectivity index (χ4v) is 5.79. The summed E-state index contributed by atoms with van der Waals surface area (Å²) >= 11 is 0. The lowest BCUT2D eigenvalue weighted by molar-refractivity contribution is -0.199. The Balaban J connectivity index is 0. The highest BCUT2D eigenvalue weighted by Gasteiger charge is 2.38. The van der Waals surface area contributed by atoms with Crippen molar-refractivity contribution in [2.75, 3.05) is 7.11 Å². The molecule has 410 valence electrons. The third-order valence-electron chi connectivity index (χ3n) is 9.73. The summed E-state index contributed by atoms with van der Waals surface area (Å²) in [4.78, 5) is 101. The summed E-state index contributed by atoms with van der Waals surface area (Å²) < 4.78 is 72.7. The molecule has 1 aromatic rings. The highest BCUT2D eigenvalue weighted by atomic mass is 19.2. The molecule has 0 aliphatic carbocycles. The minimum Gasteiger partial charge on any atom is -0.485 e. The number of allylic oxidation sites excluding steroid dienone is 1. The van der Waals surface area contributed by atoms with Crippen LogP contribution in [0.15, 0.2) is 12.3 Å². The molecular weight excluding hydrogens is 958 g/mol. The average molecular weight is 1040 g/mol. The third kappa shape index (κ3) is 22.8. The molecule has 0 bridgehead atoms. The van der Waals surface area contributed by atoms with Crippen LogP contribution in [0.5, 0.6) is 5.75 Å². The zero-order chi connectivity index (χ0) is 56.8. The second-order valence-corrected chi connectivity index (χ2v) is 18.8. The van der Waals surface area contributed by atoms with Crippen LogP contribution in [0.3, 0.4) is 0 Å². The molecule has 22 heteroatoms. The first-order valence-electron chi connectivity index (χ1n) is 23.7. The number of imide groups is 3. The summed E-state index contributed by atoms with van der Waals surface area (Å²) in [6, 6.07) is 0.294. The van der Waals surface area contributed by atoms with Crippen molar-refractivity contribution in [1.82, 2.24) is 19.9 Å². The van der Waals surface area contributed by atoms with Crippen molar-refractivity contribution < 1.29 is 79.5 Å². The number of hydrogen-bond donors (Lipinski definition) is 1. The lowest BCUT2D eigenvalue weighted by Gasteiger charge is -2.21. The van der Waals surface area contributed by atoms with Gasteiger partial charge in [0.2, 0.25) is 46.8 Å². The van der Waals surface area contributed by atoms with Gasteiger partial charge in [-0.25, -0.2) is 13.2 Å². The second-order valence-electron chi connectivity index (χ2n) is 18.8. The molecule has 0 aromatic heterocycles. The zero-order valence-electron chi connectivity index (χ0n) is 45.2. The molecule has 0 saturated carbocycles. The molecule has 72 heavy (non-hydrogen) atoms. The summed E-state index contributed by atoms with van der Waals surface area (Å²) in [6.45, 7) is 34.2. The molecule has 7 amide bonds. The Bertz CT molecular complexity index is 2000. The average Bonchev–Trinajstić information content (AvgIpc) is 3.95. The number of methoxy groups -OCH3 is 1. The van der Waals surface area contributed by atoms with Crippen LogP contribution < -0.4 is 4.74 Å². The minimum atomic E-state index is -2.19. The lowest BCUT2D eigenvalue weighted by Crippen LogP contribution is -2.36. The number of rotatable bonds is 10. The number of carbonyl (C=O) groups is 8. The monoisotopic (exact) mass is 1040 g/mol. The molecule has 0 radical (unpaired) electrons. The van der Waals surface area contributed by atoms with E-state index >= 15 is 0 Å². The number of nitrogens with one attached hydrogen (secondary N) is 1. The Morgan fingerprint density at radius 2 is 0.917 bits per heavy atom. The number of amides is 7.